The summed E-state index contributed by atoms with van der Waals surface area (Å²) in [5.74, 6) is 2.00. The number of ether oxygens (including phenoxy) is 1. The van der Waals surface area contributed by atoms with Gasteiger partial charge in [0.25, 0.3) is 0 Å². The van der Waals surface area contributed by atoms with Crippen LogP contribution in [0.25, 0.3) is 0 Å². The molecule has 1 saturated carbocycles. The van der Waals surface area contributed by atoms with E-state index in [1.165, 1.54) is 68.9 Å². The van der Waals surface area contributed by atoms with Crippen molar-refractivity contribution in [2.24, 2.45) is 5.92 Å². The highest BCUT2D eigenvalue weighted by molar-refractivity contribution is 5.45. The zero-order chi connectivity index (χ0) is 18.2. The Hall–Kier alpha value is -1.02. The number of quaternary nitrogens is 1. The average Bonchev–Trinajstić information content (AvgIpc) is 2.68. The maximum atomic E-state index is 6.03. The fourth-order valence-corrected chi connectivity index (χ4v) is 6.55. The molecule has 1 unspecified atom stereocenters. The molecule has 0 amide bonds. The number of likely N-dealkylation sites (N-methyl/N-ethyl adjacent to an activating group) is 1. The number of nitrogens with zero attached hydrogens (tertiary/aromatic N) is 1. The highest BCUT2D eigenvalue weighted by Crippen LogP contribution is 2.57. The molecule has 144 valence electrons. The number of piperidine rings is 1. The van der Waals surface area contributed by atoms with E-state index < -0.39 is 0 Å². The minimum absolute atomic E-state index is 0.450. The van der Waals surface area contributed by atoms with Crippen LogP contribution in [0.1, 0.15) is 76.3 Å². The molecule has 3 aliphatic rings. The fraction of sp³-hybridized carbons (Fsp3) is 0.750. The molecule has 2 bridgehead atoms. The summed E-state index contributed by atoms with van der Waals surface area (Å²) >= 11 is 0. The highest BCUT2D eigenvalue weighted by Gasteiger charge is 2.58. The summed E-state index contributed by atoms with van der Waals surface area (Å²) in [5, 5.41) is 0. The van der Waals surface area contributed by atoms with Gasteiger partial charge in [-0.25, -0.2) is 0 Å². The van der Waals surface area contributed by atoms with Gasteiger partial charge in [-0.3, -0.25) is 0 Å². The lowest BCUT2D eigenvalue weighted by molar-refractivity contribution is -0.945. The van der Waals surface area contributed by atoms with Crippen LogP contribution in [-0.2, 0) is 11.8 Å². The van der Waals surface area contributed by atoms with Crippen LogP contribution < -0.4 is 4.74 Å². The van der Waals surface area contributed by atoms with Gasteiger partial charge in [0.1, 0.15) is 5.75 Å². The minimum Gasteiger partial charge on any atom is -0.494 e. The summed E-state index contributed by atoms with van der Waals surface area (Å²) in [6.45, 7) is 8.12. The van der Waals surface area contributed by atoms with E-state index in [2.05, 4.69) is 39.1 Å². The van der Waals surface area contributed by atoms with Crippen LogP contribution in [-0.4, -0.2) is 37.3 Å². The molecule has 1 heterocycles. The summed E-state index contributed by atoms with van der Waals surface area (Å²) in [6.07, 6.45) is 12.2. The van der Waals surface area contributed by atoms with Crippen molar-refractivity contribution < 1.29 is 9.22 Å². The molecule has 1 aliphatic heterocycles. The highest BCUT2D eigenvalue weighted by atomic mass is 16.5. The third-order valence-electron chi connectivity index (χ3n) is 7.97. The van der Waals surface area contributed by atoms with E-state index in [0.29, 0.717) is 5.41 Å². The summed E-state index contributed by atoms with van der Waals surface area (Å²) < 4.78 is 7.35. The molecule has 0 aromatic heterocycles. The van der Waals surface area contributed by atoms with Crippen LogP contribution >= 0.6 is 0 Å². The summed E-state index contributed by atoms with van der Waals surface area (Å²) in [7, 11) is 2.57. The lowest BCUT2D eigenvalue weighted by Gasteiger charge is -2.61. The van der Waals surface area contributed by atoms with Crippen molar-refractivity contribution in [3.05, 3.63) is 29.3 Å². The van der Waals surface area contributed by atoms with Crippen LogP contribution in [0.3, 0.4) is 0 Å². The second-order valence-corrected chi connectivity index (χ2v) is 9.48. The topological polar surface area (TPSA) is 9.23 Å². The van der Waals surface area contributed by atoms with Crippen molar-refractivity contribution >= 4 is 0 Å². The third kappa shape index (κ3) is 2.89. The Bertz CT molecular complexity index is 641. The first kappa shape index (κ1) is 18.3. The first-order valence-corrected chi connectivity index (χ1v) is 11.2. The zero-order valence-corrected chi connectivity index (χ0v) is 17.2. The molecule has 0 radical (unpaired) electrons. The Morgan fingerprint density at radius 1 is 1.15 bits per heavy atom. The number of rotatable bonds is 6. The molecular weight excluding hydrogens is 318 g/mol. The van der Waals surface area contributed by atoms with E-state index in [1.54, 1.807) is 11.1 Å². The lowest BCUT2D eigenvalue weighted by Crippen LogP contribution is -2.68. The van der Waals surface area contributed by atoms with E-state index in [9.17, 15) is 0 Å². The van der Waals surface area contributed by atoms with E-state index in [1.807, 2.05) is 0 Å². The smallest absolute Gasteiger partial charge is 0.119 e. The first-order valence-electron chi connectivity index (χ1n) is 11.2. The lowest BCUT2D eigenvalue weighted by atomic mass is 9.52. The van der Waals surface area contributed by atoms with E-state index in [4.69, 9.17) is 4.74 Å². The van der Waals surface area contributed by atoms with E-state index >= 15 is 0 Å². The predicted molar refractivity (Wildman–Crippen MR) is 109 cm³/mol. The molecule has 4 atom stereocenters. The maximum absolute atomic E-state index is 6.03. The Morgan fingerprint density at radius 2 is 2.04 bits per heavy atom. The van der Waals surface area contributed by atoms with Gasteiger partial charge in [0, 0.05) is 24.2 Å². The van der Waals surface area contributed by atoms with Crippen LogP contribution in [0.5, 0.6) is 5.75 Å². The van der Waals surface area contributed by atoms with Crippen molar-refractivity contribution in [2.45, 2.75) is 83.1 Å². The zero-order valence-electron chi connectivity index (χ0n) is 17.2. The van der Waals surface area contributed by atoms with Crippen LogP contribution in [0, 0.1) is 5.92 Å². The number of benzene rings is 1. The number of hydrogen-bond donors (Lipinski definition) is 0. The Balaban J connectivity index is 1.72. The Kier molecular flexibility index (Phi) is 5.07. The summed E-state index contributed by atoms with van der Waals surface area (Å²) in [5.41, 5.74) is 3.76. The molecule has 4 rings (SSSR count). The second-order valence-electron chi connectivity index (χ2n) is 9.48. The monoisotopic (exact) mass is 356 g/mol. The molecular formula is C24H38NO+. The Morgan fingerprint density at radius 3 is 2.85 bits per heavy atom. The van der Waals surface area contributed by atoms with Gasteiger partial charge in [0.2, 0.25) is 0 Å². The van der Waals surface area contributed by atoms with Gasteiger partial charge in [0.15, 0.2) is 0 Å². The van der Waals surface area contributed by atoms with Gasteiger partial charge in [-0.2, -0.15) is 0 Å². The average molecular weight is 357 g/mol. The number of likely N-dealkylation sites (tertiary alicyclic amines) is 1. The van der Waals surface area contributed by atoms with E-state index in [0.717, 1.165) is 30.7 Å². The van der Waals surface area contributed by atoms with Gasteiger partial charge in [-0.05, 0) is 48.9 Å². The van der Waals surface area contributed by atoms with E-state index in [-0.39, 0.29) is 0 Å². The molecule has 0 N–H and O–H groups in total. The van der Waals surface area contributed by atoms with Crippen LogP contribution in [0.2, 0.25) is 0 Å². The molecule has 26 heavy (non-hydrogen) atoms. The molecule has 2 nitrogen and oxygen atoms in total. The second kappa shape index (κ2) is 7.19. The van der Waals surface area contributed by atoms with Crippen LogP contribution in [0.15, 0.2) is 18.2 Å². The molecule has 2 heteroatoms. The summed E-state index contributed by atoms with van der Waals surface area (Å²) in [4.78, 5) is 0. The largest absolute Gasteiger partial charge is 0.494 e. The quantitative estimate of drug-likeness (QED) is 0.613. The standard InChI is InChI=1S/C24H38NO/c1-4-6-14-25(3)15-13-24-12-8-7-9-21(24)23(25)17-19-10-11-20(18-22(19)24)26-16-5-2/h10-11,18,21,23H,4-9,12-17H2,1-3H3/q+1/t21-,23+,24+,25?/m1/s1. The SMILES string of the molecule is CCCC[N+]1(C)CC[C@@]23CCCC[C@@H]2[C@@H]1Cc1ccc(OCCC)cc13. The predicted octanol–water partition coefficient (Wildman–Crippen LogP) is 5.48. The molecule has 0 spiro atoms. The Labute approximate surface area is 160 Å². The molecule has 1 saturated heterocycles. The van der Waals surface area contributed by atoms with Crippen molar-refractivity contribution in [2.75, 3.05) is 26.7 Å². The minimum atomic E-state index is 0.450. The van der Waals surface area contributed by atoms with Gasteiger partial charge < -0.3 is 9.22 Å². The molecule has 2 aliphatic carbocycles. The van der Waals surface area contributed by atoms with Crippen molar-refractivity contribution in [1.29, 1.82) is 0 Å². The van der Waals surface area contributed by atoms with Crippen molar-refractivity contribution in [1.82, 2.24) is 0 Å². The van der Waals surface area contributed by atoms with Crippen molar-refractivity contribution in [3.63, 3.8) is 0 Å². The molecule has 1 aromatic carbocycles. The number of fused-ring (bicyclic) bond motifs is 1. The maximum Gasteiger partial charge on any atom is 0.119 e. The molecule has 1 aromatic rings. The summed E-state index contributed by atoms with van der Waals surface area (Å²) in [6, 6.07) is 7.93. The third-order valence-corrected chi connectivity index (χ3v) is 7.97. The first-order chi connectivity index (χ1) is 12.6. The number of hydrogen-bond acceptors (Lipinski definition) is 1. The van der Waals surface area contributed by atoms with Gasteiger partial charge in [-0.15, -0.1) is 0 Å². The normalized spacial score (nSPS) is 35.5. The van der Waals surface area contributed by atoms with Crippen molar-refractivity contribution in [3.8, 4) is 5.75 Å². The van der Waals surface area contributed by atoms with Gasteiger partial charge in [-0.1, -0.05) is 39.2 Å². The van der Waals surface area contributed by atoms with Gasteiger partial charge in [0.05, 0.1) is 32.8 Å². The molecule has 2 fully saturated rings. The van der Waals surface area contributed by atoms with Crippen LogP contribution in [0.4, 0.5) is 0 Å². The number of unbranched alkanes of at least 4 members (excludes halogenated alkanes) is 1. The van der Waals surface area contributed by atoms with Gasteiger partial charge >= 0.3 is 0 Å². The fourth-order valence-electron chi connectivity index (χ4n) is 6.55.